The van der Waals surface area contributed by atoms with Gasteiger partial charge in [0.2, 0.25) is 0 Å². The van der Waals surface area contributed by atoms with Crippen molar-refractivity contribution < 1.29 is 36.2 Å². The molecule has 0 radical (unpaired) electrons. The number of rotatable bonds is 2. The third-order valence-corrected chi connectivity index (χ3v) is 3.65. The molecule has 2 atom stereocenters. The molecule has 0 saturated heterocycles. The lowest BCUT2D eigenvalue weighted by atomic mass is 10.0. The van der Waals surface area contributed by atoms with Gasteiger partial charge >= 0.3 is 12.4 Å². The molecular weight excluding hydrogens is 328 g/mol. The zero-order valence-corrected chi connectivity index (χ0v) is 11.6. The summed E-state index contributed by atoms with van der Waals surface area (Å²) >= 11 is 0. The van der Waals surface area contributed by atoms with E-state index in [1.807, 2.05) is 0 Å². The van der Waals surface area contributed by atoms with Gasteiger partial charge in [-0.2, -0.15) is 26.3 Å². The van der Waals surface area contributed by atoms with Gasteiger partial charge in [0.15, 0.2) is 0 Å². The van der Waals surface area contributed by atoms with E-state index in [-0.39, 0.29) is 6.07 Å². The minimum Gasteiger partial charge on any atom is -0.391 e. The molecule has 0 aromatic heterocycles. The topological polar surface area (TPSA) is 49.3 Å². The van der Waals surface area contributed by atoms with E-state index in [4.69, 9.17) is 0 Å². The maximum atomic E-state index is 12.7. The minimum absolute atomic E-state index is 0.0405. The number of aliphatic hydroxyl groups is 1. The van der Waals surface area contributed by atoms with Gasteiger partial charge in [-0.05, 0) is 37.5 Å². The zero-order valence-electron chi connectivity index (χ0n) is 11.6. The number of aliphatic hydroxyl groups excluding tert-OH is 1. The fourth-order valence-corrected chi connectivity index (χ4v) is 2.45. The van der Waals surface area contributed by atoms with Crippen LogP contribution in [0.15, 0.2) is 18.2 Å². The Morgan fingerprint density at radius 2 is 1.52 bits per heavy atom. The molecule has 9 heteroatoms. The highest BCUT2D eigenvalue weighted by Crippen LogP contribution is 2.36. The molecular formula is C14H13F6NO2. The van der Waals surface area contributed by atoms with Crippen LogP contribution < -0.4 is 5.32 Å². The fraction of sp³-hybridized carbons (Fsp3) is 0.500. The number of amides is 1. The summed E-state index contributed by atoms with van der Waals surface area (Å²) in [6, 6.07) is 0.0188. The molecule has 0 spiro atoms. The van der Waals surface area contributed by atoms with Crippen molar-refractivity contribution in [3.63, 3.8) is 0 Å². The van der Waals surface area contributed by atoms with Crippen LogP contribution in [0.5, 0.6) is 0 Å². The molecule has 1 saturated carbocycles. The smallest absolute Gasteiger partial charge is 0.391 e. The molecule has 2 N–H and O–H groups in total. The minimum atomic E-state index is -5.01. The summed E-state index contributed by atoms with van der Waals surface area (Å²) in [7, 11) is 0. The molecule has 3 nitrogen and oxygen atoms in total. The van der Waals surface area contributed by atoms with Crippen LogP contribution >= 0.6 is 0 Å². The largest absolute Gasteiger partial charge is 0.416 e. The Hall–Kier alpha value is -1.77. The van der Waals surface area contributed by atoms with Crippen LogP contribution in [0, 0.1) is 0 Å². The maximum Gasteiger partial charge on any atom is 0.416 e. The first-order valence-corrected chi connectivity index (χ1v) is 6.77. The zero-order chi connectivity index (χ0) is 17.4. The Balaban J connectivity index is 2.35. The maximum absolute atomic E-state index is 12.7. The highest BCUT2D eigenvalue weighted by atomic mass is 19.4. The van der Waals surface area contributed by atoms with Gasteiger partial charge in [-0.15, -0.1) is 0 Å². The first-order valence-electron chi connectivity index (χ1n) is 6.77. The van der Waals surface area contributed by atoms with E-state index < -0.39 is 47.1 Å². The lowest BCUT2D eigenvalue weighted by Gasteiger charge is -2.18. The molecule has 2 rings (SSSR count). The van der Waals surface area contributed by atoms with Crippen molar-refractivity contribution in [2.75, 3.05) is 0 Å². The van der Waals surface area contributed by atoms with E-state index in [9.17, 15) is 36.2 Å². The molecule has 0 aliphatic heterocycles. The summed E-state index contributed by atoms with van der Waals surface area (Å²) in [6.07, 6.45) is -9.43. The monoisotopic (exact) mass is 341 g/mol. The van der Waals surface area contributed by atoms with Crippen molar-refractivity contribution in [1.29, 1.82) is 0 Å². The number of nitrogens with one attached hydrogen (secondary N) is 1. The fourth-order valence-electron chi connectivity index (χ4n) is 2.45. The second-order valence-electron chi connectivity index (χ2n) is 5.37. The van der Waals surface area contributed by atoms with E-state index in [0.717, 1.165) is 0 Å². The second kappa shape index (κ2) is 6.03. The van der Waals surface area contributed by atoms with Crippen molar-refractivity contribution >= 4 is 5.91 Å². The number of benzene rings is 1. The van der Waals surface area contributed by atoms with Crippen LogP contribution in [0.25, 0.3) is 0 Å². The van der Waals surface area contributed by atoms with Crippen LogP contribution in [0.3, 0.4) is 0 Å². The van der Waals surface area contributed by atoms with Gasteiger partial charge in [0.25, 0.3) is 5.91 Å². The molecule has 1 aliphatic rings. The third-order valence-electron chi connectivity index (χ3n) is 3.65. The lowest BCUT2D eigenvalue weighted by molar-refractivity contribution is -0.143. The molecule has 1 amide bonds. The first kappa shape index (κ1) is 17.6. The third kappa shape index (κ3) is 4.15. The molecule has 128 valence electrons. The molecule has 0 bridgehead atoms. The number of carbonyl (C=O) groups excluding carboxylic acids is 1. The Morgan fingerprint density at radius 3 is 1.91 bits per heavy atom. The average Bonchev–Trinajstić information content (AvgIpc) is 2.82. The number of hydrogen-bond donors (Lipinski definition) is 2. The number of halogens is 6. The lowest BCUT2D eigenvalue weighted by Crippen LogP contribution is -2.40. The molecule has 1 aromatic carbocycles. The second-order valence-corrected chi connectivity index (χ2v) is 5.37. The summed E-state index contributed by atoms with van der Waals surface area (Å²) in [5.74, 6) is -1.08. The highest BCUT2D eigenvalue weighted by molar-refractivity contribution is 5.95. The Labute approximate surface area is 127 Å². The van der Waals surface area contributed by atoms with Gasteiger partial charge in [-0.3, -0.25) is 4.79 Å². The average molecular weight is 341 g/mol. The molecule has 23 heavy (non-hydrogen) atoms. The summed E-state index contributed by atoms with van der Waals surface area (Å²) < 4.78 is 76.4. The van der Waals surface area contributed by atoms with E-state index in [1.165, 1.54) is 0 Å². The van der Waals surface area contributed by atoms with Crippen molar-refractivity contribution in [3.05, 3.63) is 34.9 Å². The van der Waals surface area contributed by atoms with Gasteiger partial charge in [-0.1, -0.05) is 0 Å². The van der Waals surface area contributed by atoms with Crippen LogP contribution in [0.2, 0.25) is 0 Å². The Bertz CT molecular complexity index is 564. The van der Waals surface area contributed by atoms with Crippen molar-refractivity contribution in [2.45, 2.75) is 43.8 Å². The Kier molecular flexibility index (Phi) is 4.61. The van der Waals surface area contributed by atoms with Gasteiger partial charge in [-0.25, -0.2) is 0 Å². The Morgan fingerprint density at radius 1 is 1.00 bits per heavy atom. The van der Waals surface area contributed by atoms with E-state index in [1.54, 1.807) is 0 Å². The number of hydrogen-bond acceptors (Lipinski definition) is 2. The van der Waals surface area contributed by atoms with Crippen LogP contribution in [0.1, 0.15) is 40.7 Å². The van der Waals surface area contributed by atoms with E-state index in [2.05, 4.69) is 5.32 Å². The van der Waals surface area contributed by atoms with Gasteiger partial charge in [0.05, 0.1) is 23.3 Å². The predicted molar refractivity (Wildman–Crippen MR) is 67.6 cm³/mol. The highest BCUT2D eigenvalue weighted by Gasteiger charge is 2.38. The van der Waals surface area contributed by atoms with Crippen molar-refractivity contribution in [1.82, 2.24) is 5.32 Å². The van der Waals surface area contributed by atoms with Crippen LogP contribution in [-0.2, 0) is 12.4 Å². The van der Waals surface area contributed by atoms with Crippen molar-refractivity contribution in [3.8, 4) is 0 Å². The van der Waals surface area contributed by atoms with Gasteiger partial charge in [0, 0.05) is 5.56 Å². The molecule has 0 heterocycles. The van der Waals surface area contributed by atoms with E-state index in [0.29, 0.717) is 31.4 Å². The first-order chi connectivity index (χ1) is 10.5. The van der Waals surface area contributed by atoms with Gasteiger partial charge in [0.1, 0.15) is 0 Å². The van der Waals surface area contributed by atoms with Crippen LogP contribution in [-0.4, -0.2) is 23.2 Å². The molecule has 1 fully saturated rings. The quantitative estimate of drug-likeness (QED) is 0.811. The van der Waals surface area contributed by atoms with Crippen LogP contribution in [0.4, 0.5) is 26.3 Å². The summed E-state index contributed by atoms with van der Waals surface area (Å²) in [5, 5.41) is 11.9. The normalized spacial score (nSPS) is 22.2. The summed E-state index contributed by atoms with van der Waals surface area (Å²) in [4.78, 5) is 11.9. The van der Waals surface area contributed by atoms with E-state index >= 15 is 0 Å². The summed E-state index contributed by atoms with van der Waals surface area (Å²) in [6.45, 7) is 0. The SMILES string of the molecule is O=C(N[C@@H]1CCC[C@H]1O)c1cc(C(F)(F)F)cc(C(F)(F)F)c1. The van der Waals surface area contributed by atoms with Crippen molar-refractivity contribution in [2.24, 2.45) is 0 Å². The number of carbonyl (C=O) groups is 1. The molecule has 1 aliphatic carbocycles. The predicted octanol–water partition coefficient (Wildman–Crippen LogP) is 3.37. The standard InChI is InChI=1S/C14H13F6NO2/c15-13(16,17)8-4-7(5-9(6-8)14(18,19)20)12(23)21-10-2-1-3-11(10)22/h4-6,10-11,22H,1-3H2,(H,21,23)/t10-,11-/m1/s1. The summed E-state index contributed by atoms with van der Waals surface area (Å²) in [5.41, 5.74) is -3.85. The number of alkyl halides is 6. The van der Waals surface area contributed by atoms with Gasteiger partial charge < -0.3 is 10.4 Å². The molecule has 0 unspecified atom stereocenters. The molecule has 1 aromatic rings.